The van der Waals surface area contributed by atoms with Gasteiger partial charge < -0.3 is 9.84 Å². The number of aryl methyl sites for hydroxylation is 1. The second-order valence-corrected chi connectivity index (χ2v) is 7.42. The number of phenolic OH excluding ortho intramolecular Hbond substituents is 1. The number of carbonyl (C=O) groups excluding carboxylic acids is 1. The minimum Gasteiger partial charge on any atom is -0.508 e. The van der Waals surface area contributed by atoms with Crippen LogP contribution in [0.5, 0.6) is 11.5 Å². The SMILES string of the molecule is Cc1ccc(OCC(CC(C)C)C(C)C)cc1O.O=Cc1ccccc1. The molecule has 0 aliphatic heterocycles. The van der Waals surface area contributed by atoms with Gasteiger partial charge in [0.15, 0.2) is 0 Å². The van der Waals surface area contributed by atoms with Gasteiger partial charge in [-0.15, -0.1) is 0 Å². The van der Waals surface area contributed by atoms with Gasteiger partial charge in [0.2, 0.25) is 0 Å². The quantitative estimate of drug-likeness (QED) is 0.629. The Morgan fingerprint density at radius 1 is 1.04 bits per heavy atom. The molecule has 1 unspecified atom stereocenters. The minimum absolute atomic E-state index is 0.303. The first-order chi connectivity index (χ1) is 12.3. The Balaban J connectivity index is 0.000000350. The number of carbonyl (C=O) groups is 1. The van der Waals surface area contributed by atoms with Crippen molar-refractivity contribution < 1.29 is 14.6 Å². The van der Waals surface area contributed by atoms with Crippen LogP contribution in [-0.4, -0.2) is 18.0 Å². The fourth-order valence-electron chi connectivity index (χ4n) is 2.55. The Bertz CT molecular complexity index is 648. The maximum absolute atomic E-state index is 10.0. The molecule has 0 aliphatic rings. The summed E-state index contributed by atoms with van der Waals surface area (Å²) in [6.07, 6.45) is 2.01. The summed E-state index contributed by atoms with van der Waals surface area (Å²) >= 11 is 0. The number of hydrogen-bond acceptors (Lipinski definition) is 3. The van der Waals surface area contributed by atoms with Crippen LogP contribution in [0.25, 0.3) is 0 Å². The van der Waals surface area contributed by atoms with Gasteiger partial charge in [0.05, 0.1) is 6.61 Å². The van der Waals surface area contributed by atoms with Crippen molar-refractivity contribution >= 4 is 6.29 Å². The molecule has 0 saturated carbocycles. The van der Waals surface area contributed by atoms with Crippen molar-refractivity contribution in [2.75, 3.05) is 6.61 Å². The van der Waals surface area contributed by atoms with Crippen LogP contribution in [0, 0.1) is 24.7 Å². The lowest BCUT2D eigenvalue weighted by Gasteiger charge is -2.23. The smallest absolute Gasteiger partial charge is 0.150 e. The van der Waals surface area contributed by atoms with E-state index in [-0.39, 0.29) is 0 Å². The molecule has 1 N–H and O–H groups in total. The first-order valence-corrected chi connectivity index (χ1v) is 9.26. The average Bonchev–Trinajstić information content (AvgIpc) is 2.62. The van der Waals surface area contributed by atoms with Crippen molar-refractivity contribution in [2.45, 2.75) is 41.0 Å². The standard InChI is InChI=1S/C16H26O2.C7H6O/c1-11(2)8-14(12(3)4)10-18-15-7-6-13(5)16(17)9-15;8-6-7-4-2-1-3-5-7/h6-7,9,11-12,14,17H,8,10H2,1-5H3;1-6H. The third-order valence-corrected chi connectivity index (χ3v) is 4.30. The first-order valence-electron chi connectivity index (χ1n) is 9.26. The second kappa shape index (κ2) is 11.3. The molecule has 142 valence electrons. The van der Waals surface area contributed by atoms with Crippen LogP contribution in [-0.2, 0) is 0 Å². The van der Waals surface area contributed by atoms with E-state index in [9.17, 15) is 9.90 Å². The van der Waals surface area contributed by atoms with E-state index in [2.05, 4.69) is 27.7 Å². The molecule has 3 nitrogen and oxygen atoms in total. The van der Waals surface area contributed by atoms with Gasteiger partial charge in [0.1, 0.15) is 17.8 Å². The van der Waals surface area contributed by atoms with Crippen molar-refractivity contribution in [1.29, 1.82) is 0 Å². The summed E-state index contributed by atoms with van der Waals surface area (Å²) in [5.41, 5.74) is 1.61. The lowest BCUT2D eigenvalue weighted by atomic mass is 9.88. The Morgan fingerprint density at radius 3 is 2.15 bits per heavy atom. The molecule has 0 bridgehead atoms. The predicted octanol–water partition coefficient (Wildman–Crippen LogP) is 5.90. The van der Waals surface area contributed by atoms with E-state index in [1.807, 2.05) is 37.3 Å². The molecule has 0 aliphatic carbocycles. The van der Waals surface area contributed by atoms with E-state index >= 15 is 0 Å². The molecular formula is C23H32O3. The Kier molecular flexibility index (Phi) is 9.50. The van der Waals surface area contributed by atoms with Crippen molar-refractivity contribution in [3.8, 4) is 11.5 Å². The van der Waals surface area contributed by atoms with Crippen LogP contribution in [0.4, 0.5) is 0 Å². The summed E-state index contributed by atoms with van der Waals surface area (Å²) in [6, 6.07) is 14.6. The lowest BCUT2D eigenvalue weighted by Crippen LogP contribution is -2.19. The molecule has 0 amide bonds. The van der Waals surface area contributed by atoms with E-state index in [1.165, 1.54) is 6.42 Å². The molecule has 2 aromatic rings. The number of rotatable bonds is 7. The number of ether oxygens (including phenoxy) is 1. The number of benzene rings is 2. The van der Waals surface area contributed by atoms with Gasteiger partial charge in [0.25, 0.3) is 0 Å². The predicted molar refractivity (Wildman–Crippen MR) is 108 cm³/mol. The fraction of sp³-hybridized carbons (Fsp3) is 0.435. The highest BCUT2D eigenvalue weighted by Gasteiger charge is 2.16. The van der Waals surface area contributed by atoms with Gasteiger partial charge in [-0.2, -0.15) is 0 Å². The van der Waals surface area contributed by atoms with Gasteiger partial charge >= 0.3 is 0 Å². The summed E-state index contributed by atoms with van der Waals surface area (Å²) in [4.78, 5) is 10.0. The number of aldehydes is 1. The molecule has 2 rings (SSSR count). The molecule has 0 saturated heterocycles. The molecule has 0 aromatic heterocycles. The zero-order valence-corrected chi connectivity index (χ0v) is 16.6. The zero-order valence-electron chi connectivity index (χ0n) is 16.6. The monoisotopic (exact) mass is 356 g/mol. The molecule has 26 heavy (non-hydrogen) atoms. The van der Waals surface area contributed by atoms with Crippen LogP contribution in [0.1, 0.15) is 50.0 Å². The zero-order chi connectivity index (χ0) is 19.5. The summed E-state index contributed by atoms with van der Waals surface area (Å²) < 4.78 is 5.81. The number of aromatic hydroxyl groups is 1. The highest BCUT2D eigenvalue weighted by Crippen LogP contribution is 2.25. The molecule has 0 fully saturated rings. The summed E-state index contributed by atoms with van der Waals surface area (Å²) in [5, 5.41) is 9.64. The van der Waals surface area contributed by atoms with E-state index in [1.54, 1.807) is 18.2 Å². The van der Waals surface area contributed by atoms with Crippen LogP contribution in [0.2, 0.25) is 0 Å². The Labute approximate surface area is 158 Å². The Morgan fingerprint density at radius 2 is 1.69 bits per heavy atom. The lowest BCUT2D eigenvalue weighted by molar-refractivity contribution is 0.112. The molecule has 1 atom stereocenters. The van der Waals surface area contributed by atoms with Gasteiger partial charge in [-0.25, -0.2) is 0 Å². The fourth-order valence-corrected chi connectivity index (χ4v) is 2.55. The van der Waals surface area contributed by atoms with E-state index in [0.717, 1.165) is 29.8 Å². The highest BCUT2D eigenvalue weighted by molar-refractivity contribution is 5.74. The molecule has 2 aromatic carbocycles. The van der Waals surface area contributed by atoms with E-state index in [0.29, 0.717) is 23.5 Å². The topological polar surface area (TPSA) is 46.5 Å². The average molecular weight is 357 g/mol. The molecule has 3 heteroatoms. The van der Waals surface area contributed by atoms with Gasteiger partial charge in [-0.1, -0.05) is 64.1 Å². The minimum atomic E-state index is 0.303. The maximum Gasteiger partial charge on any atom is 0.150 e. The first kappa shape index (κ1) is 21.8. The molecular weight excluding hydrogens is 324 g/mol. The van der Waals surface area contributed by atoms with Crippen molar-refractivity contribution in [2.24, 2.45) is 17.8 Å². The van der Waals surface area contributed by atoms with E-state index < -0.39 is 0 Å². The molecule has 0 spiro atoms. The summed E-state index contributed by atoms with van der Waals surface area (Å²) in [6.45, 7) is 11.6. The number of hydrogen-bond donors (Lipinski definition) is 1. The number of phenols is 1. The maximum atomic E-state index is 10.0. The summed E-state index contributed by atoms with van der Waals surface area (Å²) in [7, 11) is 0. The summed E-state index contributed by atoms with van der Waals surface area (Å²) in [5.74, 6) is 2.93. The van der Waals surface area contributed by atoms with Gasteiger partial charge in [-0.05, 0) is 42.7 Å². The normalized spacial score (nSPS) is 11.7. The van der Waals surface area contributed by atoms with Crippen LogP contribution in [0.3, 0.4) is 0 Å². The van der Waals surface area contributed by atoms with Gasteiger partial charge in [0, 0.05) is 11.6 Å². The van der Waals surface area contributed by atoms with Crippen LogP contribution < -0.4 is 4.74 Å². The van der Waals surface area contributed by atoms with Gasteiger partial charge in [-0.3, -0.25) is 4.79 Å². The largest absolute Gasteiger partial charge is 0.508 e. The van der Waals surface area contributed by atoms with E-state index in [4.69, 9.17) is 4.74 Å². The molecule has 0 radical (unpaired) electrons. The Hall–Kier alpha value is -2.29. The van der Waals surface area contributed by atoms with Crippen molar-refractivity contribution in [3.05, 3.63) is 59.7 Å². The van der Waals surface area contributed by atoms with Crippen LogP contribution in [0.15, 0.2) is 48.5 Å². The third kappa shape index (κ3) is 8.19. The third-order valence-electron chi connectivity index (χ3n) is 4.30. The van der Waals surface area contributed by atoms with Crippen molar-refractivity contribution in [1.82, 2.24) is 0 Å². The van der Waals surface area contributed by atoms with Crippen LogP contribution >= 0.6 is 0 Å². The molecule has 0 heterocycles. The second-order valence-electron chi connectivity index (χ2n) is 7.42. The highest BCUT2D eigenvalue weighted by atomic mass is 16.5. The van der Waals surface area contributed by atoms with Crippen molar-refractivity contribution in [3.63, 3.8) is 0 Å².